The van der Waals surface area contributed by atoms with Crippen molar-refractivity contribution in [2.45, 2.75) is 6.61 Å². The van der Waals surface area contributed by atoms with Gasteiger partial charge in [-0.3, -0.25) is 9.59 Å². The largest absolute Gasteiger partial charge is 0.489 e. The maximum atomic E-state index is 12.3. The van der Waals surface area contributed by atoms with Crippen molar-refractivity contribution in [2.24, 2.45) is 0 Å². The van der Waals surface area contributed by atoms with E-state index in [1.54, 1.807) is 20.2 Å². The number of ether oxygens (including phenoxy) is 1. The molecule has 1 fully saturated rings. The molecule has 0 unspecified atom stereocenters. The van der Waals surface area contributed by atoms with Crippen molar-refractivity contribution >= 4 is 17.9 Å². The Morgan fingerprint density at radius 3 is 2.56 bits per heavy atom. The minimum atomic E-state index is -0.169. The quantitative estimate of drug-likeness (QED) is 0.806. The molecule has 1 heterocycles. The van der Waals surface area contributed by atoms with Gasteiger partial charge in [-0.05, 0) is 29.3 Å². The van der Waals surface area contributed by atoms with Crippen molar-refractivity contribution in [3.8, 4) is 5.75 Å². The zero-order valence-corrected chi connectivity index (χ0v) is 14.3. The Labute approximate surface area is 147 Å². The molecule has 1 saturated heterocycles. The van der Waals surface area contributed by atoms with Crippen LogP contribution in [0.5, 0.6) is 5.75 Å². The van der Waals surface area contributed by atoms with Gasteiger partial charge in [0.2, 0.25) is 5.91 Å². The van der Waals surface area contributed by atoms with E-state index in [4.69, 9.17) is 4.74 Å². The van der Waals surface area contributed by atoms with Crippen molar-refractivity contribution < 1.29 is 14.3 Å². The van der Waals surface area contributed by atoms with Gasteiger partial charge in [-0.25, -0.2) is 0 Å². The monoisotopic (exact) mass is 336 g/mol. The van der Waals surface area contributed by atoms with Crippen LogP contribution in [-0.2, 0) is 16.2 Å². The number of carbonyl (C=O) groups excluding carboxylic acids is 2. The molecular weight excluding hydrogens is 316 g/mol. The highest BCUT2D eigenvalue weighted by molar-refractivity contribution is 6.05. The fourth-order valence-corrected chi connectivity index (χ4v) is 2.61. The van der Waals surface area contributed by atoms with Gasteiger partial charge >= 0.3 is 0 Å². The molecule has 128 valence electrons. The molecule has 0 spiro atoms. The topological polar surface area (TPSA) is 49.9 Å². The summed E-state index contributed by atoms with van der Waals surface area (Å²) in [6.07, 6.45) is 1.71. The molecule has 5 heteroatoms. The molecule has 1 aliphatic rings. The number of nitrogens with zero attached hydrogens (tertiary/aromatic N) is 2. The lowest BCUT2D eigenvalue weighted by atomic mass is 10.1. The van der Waals surface area contributed by atoms with Gasteiger partial charge in [-0.15, -0.1) is 0 Å². The third-order valence-electron chi connectivity index (χ3n) is 4.08. The number of hydrogen-bond acceptors (Lipinski definition) is 3. The Balaban J connectivity index is 1.79. The number of hydrogen-bond donors (Lipinski definition) is 0. The van der Waals surface area contributed by atoms with Crippen LogP contribution in [0.4, 0.5) is 0 Å². The molecule has 0 bridgehead atoms. The van der Waals surface area contributed by atoms with Gasteiger partial charge < -0.3 is 14.5 Å². The first-order valence-corrected chi connectivity index (χ1v) is 8.05. The van der Waals surface area contributed by atoms with E-state index >= 15 is 0 Å². The van der Waals surface area contributed by atoms with Gasteiger partial charge in [0, 0.05) is 14.1 Å². The molecule has 2 amide bonds. The van der Waals surface area contributed by atoms with Crippen LogP contribution in [0.15, 0.2) is 60.3 Å². The van der Waals surface area contributed by atoms with Gasteiger partial charge in [-0.1, -0.05) is 42.5 Å². The van der Waals surface area contributed by atoms with E-state index in [1.807, 2.05) is 54.6 Å². The molecule has 0 aliphatic carbocycles. The van der Waals surface area contributed by atoms with Crippen LogP contribution in [-0.4, -0.2) is 42.3 Å². The first-order chi connectivity index (χ1) is 12.0. The lowest BCUT2D eigenvalue weighted by molar-refractivity contribution is -0.142. The van der Waals surface area contributed by atoms with Crippen LogP contribution in [0.2, 0.25) is 0 Å². The van der Waals surface area contributed by atoms with E-state index in [2.05, 4.69) is 0 Å². The lowest BCUT2D eigenvalue weighted by Crippen LogP contribution is -2.48. The molecule has 5 nitrogen and oxygen atoms in total. The van der Waals surface area contributed by atoms with Crippen molar-refractivity contribution in [1.82, 2.24) is 9.80 Å². The SMILES string of the molecule is CN1CC(=O)N(C)/C(=C\c2cccc(OCc3ccccc3)c2)C1=O. The number of carbonyl (C=O) groups is 2. The van der Waals surface area contributed by atoms with Crippen LogP contribution in [0.1, 0.15) is 11.1 Å². The summed E-state index contributed by atoms with van der Waals surface area (Å²) in [4.78, 5) is 27.1. The maximum absolute atomic E-state index is 12.3. The van der Waals surface area contributed by atoms with E-state index in [0.29, 0.717) is 18.1 Å². The highest BCUT2D eigenvalue weighted by Crippen LogP contribution is 2.20. The Kier molecular flexibility index (Phi) is 4.84. The van der Waals surface area contributed by atoms with Gasteiger partial charge in [-0.2, -0.15) is 0 Å². The van der Waals surface area contributed by atoms with E-state index in [9.17, 15) is 9.59 Å². The molecule has 2 aromatic carbocycles. The minimum Gasteiger partial charge on any atom is -0.489 e. The molecule has 25 heavy (non-hydrogen) atoms. The Hall–Kier alpha value is -3.08. The third-order valence-corrected chi connectivity index (χ3v) is 4.08. The van der Waals surface area contributed by atoms with Crippen LogP contribution in [0.25, 0.3) is 6.08 Å². The maximum Gasteiger partial charge on any atom is 0.270 e. The summed E-state index contributed by atoms with van der Waals surface area (Å²) in [5.41, 5.74) is 2.25. The third kappa shape index (κ3) is 3.88. The zero-order valence-electron chi connectivity index (χ0n) is 14.3. The van der Waals surface area contributed by atoms with Crippen molar-refractivity contribution in [2.75, 3.05) is 20.6 Å². The van der Waals surface area contributed by atoms with Crippen molar-refractivity contribution in [1.29, 1.82) is 0 Å². The summed E-state index contributed by atoms with van der Waals surface area (Å²) in [5.74, 6) is 0.436. The Bertz CT molecular complexity index is 815. The average Bonchev–Trinajstić information content (AvgIpc) is 2.63. The normalized spacial score (nSPS) is 16.5. The molecule has 0 radical (unpaired) electrons. The Morgan fingerprint density at radius 1 is 1.04 bits per heavy atom. The number of benzene rings is 2. The van der Waals surface area contributed by atoms with E-state index in [-0.39, 0.29) is 18.4 Å². The molecule has 2 aromatic rings. The number of likely N-dealkylation sites (N-methyl/N-ethyl adjacent to an activating group) is 2. The van der Waals surface area contributed by atoms with Crippen molar-refractivity contribution in [3.63, 3.8) is 0 Å². The summed E-state index contributed by atoms with van der Waals surface area (Å²) in [6, 6.07) is 17.4. The van der Waals surface area contributed by atoms with Gasteiger partial charge in [0.05, 0.1) is 0 Å². The molecule has 1 aliphatic heterocycles. The van der Waals surface area contributed by atoms with Crippen LogP contribution >= 0.6 is 0 Å². The van der Waals surface area contributed by atoms with Crippen molar-refractivity contribution in [3.05, 3.63) is 71.4 Å². The fraction of sp³-hybridized carbons (Fsp3) is 0.200. The zero-order chi connectivity index (χ0) is 17.8. The van der Waals surface area contributed by atoms with Gasteiger partial charge in [0.25, 0.3) is 5.91 Å². The van der Waals surface area contributed by atoms with E-state index in [1.165, 1.54) is 9.80 Å². The smallest absolute Gasteiger partial charge is 0.270 e. The average molecular weight is 336 g/mol. The molecule has 0 aromatic heterocycles. The fourth-order valence-electron chi connectivity index (χ4n) is 2.61. The number of amides is 2. The first-order valence-electron chi connectivity index (χ1n) is 8.05. The number of rotatable bonds is 4. The van der Waals surface area contributed by atoms with Crippen LogP contribution in [0, 0.1) is 0 Å². The second kappa shape index (κ2) is 7.21. The first kappa shape index (κ1) is 16.8. The van der Waals surface area contributed by atoms with Crippen LogP contribution < -0.4 is 4.74 Å². The van der Waals surface area contributed by atoms with E-state index < -0.39 is 0 Å². The van der Waals surface area contributed by atoms with Crippen LogP contribution in [0.3, 0.4) is 0 Å². The second-order valence-electron chi connectivity index (χ2n) is 5.99. The Morgan fingerprint density at radius 2 is 1.80 bits per heavy atom. The minimum absolute atomic E-state index is 0.104. The molecule has 3 rings (SSSR count). The molecule has 0 atom stereocenters. The predicted octanol–water partition coefficient (Wildman–Crippen LogP) is 2.54. The molecule has 0 N–H and O–H groups in total. The summed E-state index contributed by atoms with van der Waals surface area (Å²) in [6.45, 7) is 0.577. The second-order valence-corrected chi connectivity index (χ2v) is 5.99. The summed E-state index contributed by atoms with van der Waals surface area (Å²) in [7, 11) is 3.25. The van der Waals surface area contributed by atoms with Gasteiger partial charge in [0.15, 0.2) is 0 Å². The predicted molar refractivity (Wildman–Crippen MR) is 95.6 cm³/mol. The lowest BCUT2D eigenvalue weighted by Gasteiger charge is -2.31. The summed E-state index contributed by atoms with van der Waals surface area (Å²) in [5, 5.41) is 0. The van der Waals surface area contributed by atoms with Gasteiger partial charge in [0.1, 0.15) is 24.6 Å². The highest BCUT2D eigenvalue weighted by Gasteiger charge is 2.30. The van der Waals surface area contributed by atoms with E-state index in [0.717, 1.165) is 11.1 Å². The summed E-state index contributed by atoms with van der Waals surface area (Å²) < 4.78 is 5.81. The molecule has 0 saturated carbocycles. The number of piperazine rings is 1. The molecular formula is C20H20N2O3. The highest BCUT2D eigenvalue weighted by atomic mass is 16.5. The summed E-state index contributed by atoms with van der Waals surface area (Å²) >= 11 is 0. The standard InChI is InChI=1S/C20H20N2O3/c1-21-13-19(23)22(2)18(20(21)24)12-16-9-6-10-17(11-16)25-14-15-7-4-3-5-8-15/h3-12H,13-14H2,1-2H3/b18-12-.